The molecule has 1 aliphatic rings. The topological polar surface area (TPSA) is 3.24 Å². The van der Waals surface area contributed by atoms with Gasteiger partial charge in [-0.1, -0.05) is 44.4 Å². The Kier molecular flexibility index (Phi) is 5.40. The van der Waals surface area contributed by atoms with Crippen LogP contribution in [0.2, 0.25) is 0 Å². The van der Waals surface area contributed by atoms with Gasteiger partial charge in [0.05, 0.1) is 0 Å². The van der Waals surface area contributed by atoms with Crippen LogP contribution in [0.3, 0.4) is 0 Å². The van der Waals surface area contributed by atoms with Crippen LogP contribution in [0.1, 0.15) is 45.4 Å². The number of rotatable bonds is 5. The molecule has 0 aromatic heterocycles. The summed E-state index contributed by atoms with van der Waals surface area (Å²) in [5.41, 5.74) is 0. The van der Waals surface area contributed by atoms with Crippen LogP contribution >= 0.6 is 11.9 Å². The zero-order chi connectivity index (χ0) is 11.9. The van der Waals surface area contributed by atoms with E-state index in [-0.39, 0.29) is 0 Å². The highest BCUT2D eigenvalue weighted by Gasteiger charge is 2.21. The Morgan fingerprint density at radius 3 is 2.47 bits per heavy atom. The van der Waals surface area contributed by atoms with Crippen LogP contribution in [-0.4, -0.2) is 16.9 Å². The van der Waals surface area contributed by atoms with Crippen molar-refractivity contribution in [3.63, 3.8) is 0 Å². The van der Waals surface area contributed by atoms with Crippen molar-refractivity contribution in [1.29, 1.82) is 0 Å². The normalized spacial score (nSPS) is 17.5. The number of hydrogen-bond acceptors (Lipinski definition) is 2. The van der Waals surface area contributed by atoms with Crippen LogP contribution < -0.4 is 0 Å². The molecule has 0 heterocycles. The van der Waals surface area contributed by atoms with Crippen molar-refractivity contribution in [2.75, 3.05) is 6.54 Å². The third-order valence-corrected chi connectivity index (χ3v) is 4.59. The lowest BCUT2D eigenvalue weighted by molar-refractivity contribution is 0.272. The average Bonchev–Trinajstić information content (AvgIpc) is 2.40. The van der Waals surface area contributed by atoms with E-state index in [9.17, 15) is 0 Å². The SMILES string of the molecule is CCCN(Sc1ccccc1)C1CCCCC1. The monoisotopic (exact) mass is 249 g/mol. The lowest BCUT2D eigenvalue weighted by Gasteiger charge is -2.33. The quantitative estimate of drug-likeness (QED) is 0.693. The van der Waals surface area contributed by atoms with Gasteiger partial charge < -0.3 is 0 Å². The third-order valence-electron chi connectivity index (χ3n) is 3.39. The molecule has 2 rings (SSSR count). The minimum absolute atomic E-state index is 0.800. The van der Waals surface area contributed by atoms with Gasteiger partial charge in [0.15, 0.2) is 0 Å². The van der Waals surface area contributed by atoms with Gasteiger partial charge in [-0.05, 0) is 43.3 Å². The van der Waals surface area contributed by atoms with Crippen LogP contribution in [0.15, 0.2) is 35.2 Å². The summed E-state index contributed by atoms with van der Waals surface area (Å²) in [6.45, 7) is 3.49. The molecular formula is C15H23NS. The van der Waals surface area contributed by atoms with Crippen LogP contribution in [0.4, 0.5) is 0 Å². The Balaban J connectivity index is 1.96. The summed E-state index contributed by atoms with van der Waals surface area (Å²) < 4.78 is 2.62. The first-order valence-electron chi connectivity index (χ1n) is 6.90. The first-order chi connectivity index (χ1) is 8.40. The third kappa shape index (κ3) is 4.04. The van der Waals surface area contributed by atoms with Crippen LogP contribution in [0, 0.1) is 0 Å². The summed E-state index contributed by atoms with van der Waals surface area (Å²) in [6, 6.07) is 11.6. The van der Waals surface area contributed by atoms with Crippen molar-refractivity contribution in [1.82, 2.24) is 4.31 Å². The minimum atomic E-state index is 0.800. The Bertz CT molecular complexity index is 306. The van der Waals surface area contributed by atoms with E-state index in [0.717, 1.165) is 6.04 Å². The molecule has 0 N–H and O–H groups in total. The van der Waals surface area contributed by atoms with E-state index in [0.29, 0.717) is 0 Å². The fourth-order valence-corrected chi connectivity index (χ4v) is 3.69. The van der Waals surface area contributed by atoms with Gasteiger partial charge in [-0.2, -0.15) is 0 Å². The summed E-state index contributed by atoms with van der Waals surface area (Å²) >= 11 is 1.95. The first kappa shape index (κ1) is 13.0. The molecule has 0 unspecified atom stereocenters. The van der Waals surface area contributed by atoms with Gasteiger partial charge in [0.1, 0.15) is 0 Å². The van der Waals surface area contributed by atoms with E-state index in [1.54, 1.807) is 0 Å². The molecule has 0 spiro atoms. The van der Waals surface area contributed by atoms with Gasteiger partial charge in [0.25, 0.3) is 0 Å². The second-order valence-electron chi connectivity index (χ2n) is 4.84. The second-order valence-corrected chi connectivity index (χ2v) is 5.96. The number of hydrogen-bond donors (Lipinski definition) is 0. The fourth-order valence-electron chi connectivity index (χ4n) is 2.51. The Labute approximate surface area is 110 Å². The highest BCUT2D eigenvalue weighted by Crippen LogP contribution is 2.31. The van der Waals surface area contributed by atoms with Gasteiger partial charge in [-0.15, -0.1) is 0 Å². The Morgan fingerprint density at radius 2 is 1.82 bits per heavy atom. The van der Waals surface area contributed by atoms with Crippen molar-refractivity contribution < 1.29 is 0 Å². The maximum Gasteiger partial charge on any atom is 0.0230 e. The van der Waals surface area contributed by atoms with Gasteiger partial charge in [-0.3, -0.25) is 0 Å². The standard InChI is InChI=1S/C15H23NS/c1-2-13-16(14-9-5-3-6-10-14)17-15-11-7-4-8-12-15/h4,7-8,11-12,14H,2-3,5-6,9-10,13H2,1H3. The van der Waals surface area contributed by atoms with Crippen LogP contribution in [-0.2, 0) is 0 Å². The summed E-state index contributed by atoms with van der Waals surface area (Å²) in [7, 11) is 0. The molecule has 1 aromatic rings. The van der Waals surface area contributed by atoms with E-state index in [2.05, 4.69) is 41.6 Å². The minimum Gasteiger partial charge on any atom is -0.243 e. The van der Waals surface area contributed by atoms with E-state index in [4.69, 9.17) is 0 Å². The molecule has 0 aliphatic heterocycles. The molecule has 17 heavy (non-hydrogen) atoms. The molecule has 1 aromatic carbocycles. The van der Waals surface area contributed by atoms with E-state index >= 15 is 0 Å². The van der Waals surface area contributed by atoms with Crippen molar-refractivity contribution in [2.45, 2.75) is 56.4 Å². The van der Waals surface area contributed by atoms with Crippen LogP contribution in [0.25, 0.3) is 0 Å². The highest BCUT2D eigenvalue weighted by molar-refractivity contribution is 7.97. The molecule has 0 radical (unpaired) electrons. The molecule has 1 saturated carbocycles. The Hall–Kier alpha value is -0.470. The molecule has 1 nitrogen and oxygen atoms in total. The van der Waals surface area contributed by atoms with E-state index in [1.165, 1.54) is 50.0 Å². The zero-order valence-corrected chi connectivity index (χ0v) is 11.6. The largest absolute Gasteiger partial charge is 0.243 e. The van der Waals surface area contributed by atoms with E-state index < -0.39 is 0 Å². The first-order valence-corrected chi connectivity index (χ1v) is 7.67. The predicted molar refractivity (Wildman–Crippen MR) is 76.2 cm³/mol. The van der Waals surface area contributed by atoms with Crippen molar-refractivity contribution >= 4 is 11.9 Å². The van der Waals surface area contributed by atoms with Crippen molar-refractivity contribution in [3.05, 3.63) is 30.3 Å². The molecule has 0 bridgehead atoms. The van der Waals surface area contributed by atoms with Crippen molar-refractivity contribution in [2.24, 2.45) is 0 Å². The summed E-state index contributed by atoms with van der Waals surface area (Å²) in [5.74, 6) is 0. The molecule has 1 fully saturated rings. The molecule has 0 amide bonds. The summed E-state index contributed by atoms with van der Waals surface area (Å²) in [6.07, 6.45) is 8.29. The maximum atomic E-state index is 2.62. The molecule has 0 saturated heterocycles. The highest BCUT2D eigenvalue weighted by atomic mass is 32.2. The number of benzene rings is 1. The van der Waals surface area contributed by atoms with Gasteiger partial charge in [0, 0.05) is 17.5 Å². The zero-order valence-electron chi connectivity index (χ0n) is 10.8. The van der Waals surface area contributed by atoms with Gasteiger partial charge >= 0.3 is 0 Å². The summed E-state index contributed by atoms with van der Waals surface area (Å²) in [4.78, 5) is 1.38. The van der Waals surface area contributed by atoms with Gasteiger partial charge in [0.2, 0.25) is 0 Å². The molecule has 94 valence electrons. The van der Waals surface area contributed by atoms with Crippen LogP contribution in [0.5, 0.6) is 0 Å². The smallest absolute Gasteiger partial charge is 0.0230 e. The van der Waals surface area contributed by atoms with Gasteiger partial charge in [-0.25, -0.2) is 4.31 Å². The lowest BCUT2D eigenvalue weighted by atomic mass is 9.95. The Morgan fingerprint density at radius 1 is 1.12 bits per heavy atom. The molecular weight excluding hydrogens is 226 g/mol. The fraction of sp³-hybridized carbons (Fsp3) is 0.600. The summed E-state index contributed by atoms with van der Waals surface area (Å²) in [5, 5.41) is 0. The van der Waals surface area contributed by atoms with Crippen molar-refractivity contribution in [3.8, 4) is 0 Å². The molecule has 1 aliphatic carbocycles. The lowest BCUT2D eigenvalue weighted by Crippen LogP contribution is -2.31. The molecule has 2 heteroatoms. The maximum absolute atomic E-state index is 2.62. The average molecular weight is 249 g/mol. The number of nitrogens with zero attached hydrogens (tertiary/aromatic N) is 1. The van der Waals surface area contributed by atoms with E-state index in [1.807, 2.05) is 11.9 Å². The molecule has 0 atom stereocenters. The second kappa shape index (κ2) is 7.07. The predicted octanol–water partition coefficient (Wildman–Crippen LogP) is 4.74.